The molecular weight excluding hydrogens is 206 g/mol. The summed E-state index contributed by atoms with van der Waals surface area (Å²) in [6, 6.07) is 0. The molecule has 0 bridgehead atoms. The molecule has 1 aromatic rings. The fraction of sp³-hybridized carbons (Fsp3) is 0.700. The van der Waals surface area contributed by atoms with E-state index in [1.807, 2.05) is 0 Å². The van der Waals surface area contributed by atoms with Crippen LogP contribution in [0.15, 0.2) is 6.33 Å². The van der Waals surface area contributed by atoms with Crippen LogP contribution in [0, 0.1) is 11.8 Å². The zero-order chi connectivity index (χ0) is 11.5. The second-order valence-corrected chi connectivity index (χ2v) is 4.29. The van der Waals surface area contributed by atoms with Gasteiger partial charge in [0, 0.05) is 13.6 Å². The molecule has 1 aromatic heterocycles. The van der Waals surface area contributed by atoms with Crippen LogP contribution in [-0.2, 0) is 18.4 Å². The van der Waals surface area contributed by atoms with E-state index in [2.05, 4.69) is 27.6 Å². The van der Waals surface area contributed by atoms with Gasteiger partial charge in [0.25, 0.3) is 0 Å². The fourth-order valence-corrected chi connectivity index (χ4v) is 1.92. The maximum Gasteiger partial charge on any atom is 0.225 e. The number of carbonyl (C=O) groups is 1. The lowest BCUT2D eigenvalue weighted by atomic mass is 9.97. The van der Waals surface area contributed by atoms with E-state index < -0.39 is 0 Å². The van der Waals surface area contributed by atoms with Crippen LogP contribution in [0.1, 0.15) is 12.7 Å². The largest absolute Gasteiger partial charge is 0.348 e. The average molecular weight is 223 g/mol. The fourth-order valence-electron chi connectivity index (χ4n) is 1.92. The first-order chi connectivity index (χ1) is 7.66. The third kappa shape index (κ3) is 2.38. The Morgan fingerprint density at radius 2 is 2.50 bits per heavy atom. The third-order valence-electron chi connectivity index (χ3n) is 2.92. The van der Waals surface area contributed by atoms with Crippen molar-refractivity contribution in [3.05, 3.63) is 12.2 Å². The van der Waals surface area contributed by atoms with Gasteiger partial charge in [0.15, 0.2) is 5.82 Å². The van der Waals surface area contributed by atoms with Crippen molar-refractivity contribution in [2.45, 2.75) is 13.5 Å². The Morgan fingerprint density at radius 3 is 3.06 bits per heavy atom. The Balaban J connectivity index is 1.83. The summed E-state index contributed by atoms with van der Waals surface area (Å²) in [7, 11) is 1.81. The first-order valence-electron chi connectivity index (χ1n) is 5.50. The van der Waals surface area contributed by atoms with Crippen LogP contribution in [0.4, 0.5) is 0 Å². The number of rotatable bonds is 3. The van der Waals surface area contributed by atoms with E-state index in [0.29, 0.717) is 18.3 Å². The van der Waals surface area contributed by atoms with Crippen molar-refractivity contribution in [2.75, 3.05) is 13.1 Å². The lowest BCUT2D eigenvalue weighted by molar-refractivity contribution is -0.125. The Morgan fingerprint density at radius 1 is 1.69 bits per heavy atom. The summed E-state index contributed by atoms with van der Waals surface area (Å²) in [6.45, 7) is 4.18. The molecule has 0 aromatic carbocycles. The van der Waals surface area contributed by atoms with Crippen molar-refractivity contribution in [1.82, 2.24) is 25.4 Å². The minimum atomic E-state index is 0.0729. The van der Waals surface area contributed by atoms with E-state index in [0.717, 1.165) is 13.1 Å². The summed E-state index contributed by atoms with van der Waals surface area (Å²) >= 11 is 0. The molecule has 6 nitrogen and oxygen atoms in total. The number of aryl methyl sites for hydroxylation is 1. The maximum atomic E-state index is 11.8. The molecule has 1 aliphatic rings. The monoisotopic (exact) mass is 223 g/mol. The van der Waals surface area contributed by atoms with E-state index in [1.54, 1.807) is 18.1 Å². The van der Waals surface area contributed by atoms with Crippen LogP contribution in [0.5, 0.6) is 0 Å². The Kier molecular flexibility index (Phi) is 3.19. The van der Waals surface area contributed by atoms with Crippen LogP contribution in [-0.4, -0.2) is 33.8 Å². The molecule has 1 fully saturated rings. The highest BCUT2D eigenvalue weighted by Gasteiger charge is 2.29. The predicted molar refractivity (Wildman–Crippen MR) is 58.4 cm³/mol. The van der Waals surface area contributed by atoms with Crippen molar-refractivity contribution >= 4 is 5.91 Å². The first-order valence-corrected chi connectivity index (χ1v) is 5.50. The zero-order valence-electron chi connectivity index (χ0n) is 9.60. The highest BCUT2D eigenvalue weighted by atomic mass is 16.1. The van der Waals surface area contributed by atoms with E-state index >= 15 is 0 Å². The van der Waals surface area contributed by atoms with Gasteiger partial charge in [-0.2, -0.15) is 5.10 Å². The number of nitrogens with zero attached hydrogens (tertiary/aromatic N) is 3. The summed E-state index contributed by atoms with van der Waals surface area (Å²) in [5, 5.41) is 10.2. The van der Waals surface area contributed by atoms with Crippen LogP contribution in [0.25, 0.3) is 0 Å². The number of aromatic nitrogens is 3. The molecule has 0 aliphatic carbocycles. The number of carbonyl (C=O) groups excluding carboxylic acids is 1. The minimum Gasteiger partial charge on any atom is -0.348 e. The SMILES string of the molecule is C[C@@H]1CNC[C@H]1C(=O)NCc1ncn(C)n1. The lowest BCUT2D eigenvalue weighted by Crippen LogP contribution is -2.34. The van der Waals surface area contributed by atoms with Crippen LogP contribution in [0.2, 0.25) is 0 Å². The molecule has 2 heterocycles. The molecule has 2 rings (SSSR count). The molecule has 2 atom stereocenters. The second kappa shape index (κ2) is 4.61. The van der Waals surface area contributed by atoms with Gasteiger partial charge in [0.2, 0.25) is 5.91 Å². The summed E-state index contributed by atoms with van der Waals surface area (Å²) in [6.07, 6.45) is 1.63. The normalized spacial score (nSPS) is 24.6. The van der Waals surface area contributed by atoms with Gasteiger partial charge in [-0.15, -0.1) is 0 Å². The number of amides is 1. The topological polar surface area (TPSA) is 71.8 Å². The summed E-state index contributed by atoms with van der Waals surface area (Å²) in [5.41, 5.74) is 0. The van der Waals surface area contributed by atoms with Gasteiger partial charge in [-0.05, 0) is 12.5 Å². The molecule has 0 unspecified atom stereocenters. The minimum absolute atomic E-state index is 0.0729. The second-order valence-electron chi connectivity index (χ2n) is 4.29. The third-order valence-corrected chi connectivity index (χ3v) is 2.92. The van der Waals surface area contributed by atoms with Crippen LogP contribution in [0.3, 0.4) is 0 Å². The smallest absolute Gasteiger partial charge is 0.225 e. The summed E-state index contributed by atoms with van der Waals surface area (Å²) < 4.78 is 1.63. The molecule has 0 saturated carbocycles. The quantitative estimate of drug-likeness (QED) is 0.710. The van der Waals surface area contributed by atoms with Gasteiger partial charge in [-0.1, -0.05) is 6.92 Å². The zero-order valence-corrected chi connectivity index (χ0v) is 9.60. The highest BCUT2D eigenvalue weighted by Crippen LogP contribution is 2.15. The standard InChI is InChI=1S/C10H17N5O/c1-7-3-11-4-8(7)10(16)12-5-9-13-6-15(2)14-9/h6-8,11H,3-5H2,1-2H3,(H,12,16)/t7-,8-/m1/s1. The maximum absolute atomic E-state index is 11.8. The predicted octanol–water partition coefficient (Wildman–Crippen LogP) is -0.713. The molecule has 16 heavy (non-hydrogen) atoms. The van der Waals surface area contributed by atoms with Crippen molar-refractivity contribution < 1.29 is 4.79 Å². The lowest BCUT2D eigenvalue weighted by Gasteiger charge is -2.12. The van der Waals surface area contributed by atoms with Gasteiger partial charge >= 0.3 is 0 Å². The van der Waals surface area contributed by atoms with Gasteiger partial charge < -0.3 is 10.6 Å². The van der Waals surface area contributed by atoms with Crippen LogP contribution < -0.4 is 10.6 Å². The first kappa shape index (κ1) is 11.1. The van der Waals surface area contributed by atoms with Gasteiger partial charge in [0.1, 0.15) is 6.33 Å². The molecular formula is C10H17N5O. The Hall–Kier alpha value is -1.43. The molecule has 0 radical (unpaired) electrons. The number of hydrogen-bond donors (Lipinski definition) is 2. The van der Waals surface area contributed by atoms with E-state index in [4.69, 9.17) is 0 Å². The molecule has 1 saturated heterocycles. The molecule has 88 valence electrons. The Labute approximate surface area is 94.4 Å². The molecule has 1 amide bonds. The van der Waals surface area contributed by atoms with E-state index in [1.165, 1.54) is 0 Å². The van der Waals surface area contributed by atoms with Crippen molar-refractivity contribution in [3.63, 3.8) is 0 Å². The van der Waals surface area contributed by atoms with Crippen molar-refractivity contribution in [1.29, 1.82) is 0 Å². The summed E-state index contributed by atoms with van der Waals surface area (Å²) in [4.78, 5) is 15.9. The van der Waals surface area contributed by atoms with Crippen LogP contribution >= 0.6 is 0 Å². The molecule has 0 spiro atoms. The molecule has 6 heteroatoms. The van der Waals surface area contributed by atoms with Crippen molar-refractivity contribution in [3.8, 4) is 0 Å². The molecule has 2 N–H and O–H groups in total. The van der Waals surface area contributed by atoms with Gasteiger partial charge in [-0.25, -0.2) is 4.98 Å². The van der Waals surface area contributed by atoms with Gasteiger partial charge in [0.05, 0.1) is 12.5 Å². The average Bonchev–Trinajstić information content (AvgIpc) is 2.84. The van der Waals surface area contributed by atoms with E-state index in [-0.39, 0.29) is 11.8 Å². The van der Waals surface area contributed by atoms with Crippen molar-refractivity contribution in [2.24, 2.45) is 18.9 Å². The number of nitrogens with one attached hydrogen (secondary N) is 2. The van der Waals surface area contributed by atoms with E-state index in [9.17, 15) is 4.79 Å². The Bertz CT molecular complexity index is 375. The van der Waals surface area contributed by atoms with Gasteiger partial charge in [-0.3, -0.25) is 9.48 Å². The highest BCUT2D eigenvalue weighted by molar-refractivity contribution is 5.79. The number of hydrogen-bond acceptors (Lipinski definition) is 4. The molecule has 1 aliphatic heterocycles. The summed E-state index contributed by atoms with van der Waals surface area (Å²) in [5.74, 6) is 1.21.